The van der Waals surface area contributed by atoms with Crippen molar-refractivity contribution in [3.63, 3.8) is 0 Å². The summed E-state index contributed by atoms with van der Waals surface area (Å²) in [7, 11) is 0. The number of likely N-dealkylation sites (tertiary alicyclic amines) is 1. The van der Waals surface area contributed by atoms with Gasteiger partial charge in [-0.3, -0.25) is 19.4 Å². The minimum Gasteiger partial charge on any atom is -0.330 e. The molecule has 3 aromatic heterocycles. The van der Waals surface area contributed by atoms with Gasteiger partial charge in [0.2, 0.25) is 0 Å². The maximum Gasteiger partial charge on any atom is 0.272 e. The third-order valence-electron chi connectivity index (χ3n) is 5.01. The Morgan fingerprint density at radius 1 is 1.38 bits per heavy atom. The van der Waals surface area contributed by atoms with Crippen molar-refractivity contribution in [3.8, 4) is 0 Å². The molecule has 4 rings (SSSR count). The molecule has 136 valence electrons. The van der Waals surface area contributed by atoms with Gasteiger partial charge in [0.15, 0.2) is 5.65 Å². The minimum atomic E-state index is -0.187. The molecule has 0 spiro atoms. The molecular weight excluding hydrogens is 332 g/mol. The Morgan fingerprint density at radius 2 is 2.23 bits per heavy atom. The summed E-state index contributed by atoms with van der Waals surface area (Å²) in [6.07, 6.45) is 6.25. The van der Waals surface area contributed by atoms with Crippen molar-refractivity contribution < 1.29 is 4.79 Å². The second kappa shape index (κ2) is 6.44. The van der Waals surface area contributed by atoms with E-state index < -0.39 is 0 Å². The number of piperidine rings is 1. The lowest BCUT2D eigenvalue weighted by atomic mass is 9.98. The first-order valence-electron chi connectivity index (χ1n) is 9.00. The van der Waals surface area contributed by atoms with Crippen molar-refractivity contribution in [2.24, 2.45) is 0 Å². The van der Waals surface area contributed by atoms with E-state index in [1.165, 1.54) is 10.6 Å². The van der Waals surface area contributed by atoms with Gasteiger partial charge in [0, 0.05) is 37.6 Å². The zero-order chi connectivity index (χ0) is 18.3. The van der Waals surface area contributed by atoms with Gasteiger partial charge in [0.05, 0.1) is 23.0 Å². The largest absolute Gasteiger partial charge is 0.330 e. The van der Waals surface area contributed by atoms with E-state index in [2.05, 4.69) is 15.2 Å². The summed E-state index contributed by atoms with van der Waals surface area (Å²) in [5.74, 6) is -0.0389. The zero-order valence-corrected chi connectivity index (χ0v) is 15.0. The number of carbonyl (C=O) groups is 1. The molecule has 4 heterocycles. The van der Waals surface area contributed by atoms with Crippen LogP contribution in [0.3, 0.4) is 0 Å². The summed E-state index contributed by atoms with van der Waals surface area (Å²) in [6.45, 7) is 5.23. The number of aromatic nitrogens is 5. The molecule has 0 saturated carbocycles. The smallest absolute Gasteiger partial charge is 0.272 e. The molecule has 1 atom stereocenters. The van der Waals surface area contributed by atoms with Crippen LogP contribution in [-0.4, -0.2) is 41.7 Å². The van der Waals surface area contributed by atoms with E-state index in [4.69, 9.17) is 0 Å². The second-order valence-electron chi connectivity index (χ2n) is 6.67. The van der Waals surface area contributed by atoms with Crippen LogP contribution in [0.15, 0.2) is 29.3 Å². The molecule has 1 saturated heterocycles. The Kier molecular flexibility index (Phi) is 4.10. The van der Waals surface area contributed by atoms with Crippen molar-refractivity contribution in [3.05, 3.63) is 51.8 Å². The highest BCUT2D eigenvalue weighted by atomic mass is 16.2. The fraction of sp³-hybridized carbons (Fsp3) is 0.444. The van der Waals surface area contributed by atoms with Crippen LogP contribution in [0.25, 0.3) is 5.65 Å². The quantitative estimate of drug-likeness (QED) is 0.778. The van der Waals surface area contributed by atoms with Crippen LogP contribution in [0.2, 0.25) is 0 Å². The van der Waals surface area contributed by atoms with Gasteiger partial charge in [-0.1, -0.05) is 0 Å². The average Bonchev–Trinajstić information content (AvgIpc) is 3.27. The molecule has 8 nitrogen and oxygen atoms in total. The second-order valence-corrected chi connectivity index (χ2v) is 6.67. The maximum atomic E-state index is 13.2. The molecule has 1 aliphatic heterocycles. The van der Waals surface area contributed by atoms with Crippen molar-refractivity contribution in [2.45, 2.75) is 45.7 Å². The number of fused-ring (bicyclic) bond motifs is 1. The minimum absolute atomic E-state index is 0.0389. The average molecular weight is 354 g/mol. The Morgan fingerprint density at radius 3 is 3.00 bits per heavy atom. The summed E-state index contributed by atoms with van der Waals surface area (Å²) in [5, 5.41) is 7.23. The van der Waals surface area contributed by atoms with E-state index in [1.807, 2.05) is 18.7 Å². The van der Waals surface area contributed by atoms with E-state index in [9.17, 15) is 9.59 Å². The van der Waals surface area contributed by atoms with E-state index in [-0.39, 0.29) is 17.5 Å². The summed E-state index contributed by atoms with van der Waals surface area (Å²) < 4.78 is 3.17. The zero-order valence-electron chi connectivity index (χ0n) is 15.0. The molecule has 1 fully saturated rings. The molecule has 8 heteroatoms. The van der Waals surface area contributed by atoms with Gasteiger partial charge in [-0.05, 0) is 33.1 Å². The predicted octanol–water partition coefficient (Wildman–Crippen LogP) is 1.91. The molecule has 0 radical (unpaired) electrons. The first-order chi connectivity index (χ1) is 12.6. The Labute approximate surface area is 150 Å². The molecule has 1 aliphatic rings. The van der Waals surface area contributed by atoms with Crippen molar-refractivity contribution in [2.75, 3.05) is 6.54 Å². The number of hydrogen-bond acceptors (Lipinski definition) is 4. The van der Waals surface area contributed by atoms with Gasteiger partial charge >= 0.3 is 0 Å². The van der Waals surface area contributed by atoms with Gasteiger partial charge in [0.1, 0.15) is 0 Å². The van der Waals surface area contributed by atoms with Crippen molar-refractivity contribution in [1.82, 2.24) is 29.3 Å². The molecule has 1 N–H and O–H groups in total. The fourth-order valence-electron chi connectivity index (χ4n) is 3.64. The topological polar surface area (TPSA) is 88.3 Å². The number of amides is 1. The van der Waals surface area contributed by atoms with Gasteiger partial charge in [-0.2, -0.15) is 5.10 Å². The van der Waals surface area contributed by atoms with E-state index >= 15 is 0 Å². The van der Waals surface area contributed by atoms with Gasteiger partial charge < -0.3 is 4.90 Å². The van der Waals surface area contributed by atoms with Gasteiger partial charge in [-0.25, -0.2) is 9.50 Å². The maximum absolute atomic E-state index is 13.2. The molecule has 0 bridgehead atoms. The van der Waals surface area contributed by atoms with E-state index in [1.54, 1.807) is 23.1 Å². The third-order valence-corrected chi connectivity index (χ3v) is 5.01. The number of aryl methyl sites for hydroxylation is 2. The summed E-state index contributed by atoms with van der Waals surface area (Å²) in [6, 6.07) is 3.10. The molecule has 0 unspecified atom stereocenters. The molecule has 3 aromatic rings. The number of rotatable bonds is 3. The van der Waals surface area contributed by atoms with Crippen LogP contribution >= 0.6 is 0 Å². The molecule has 26 heavy (non-hydrogen) atoms. The summed E-state index contributed by atoms with van der Waals surface area (Å²) in [5.41, 5.74) is 2.42. The number of aromatic amines is 1. The highest BCUT2D eigenvalue weighted by molar-refractivity contribution is 5.95. The first-order valence-corrected chi connectivity index (χ1v) is 9.00. The molecule has 0 aliphatic carbocycles. The lowest BCUT2D eigenvalue weighted by Gasteiger charge is -2.35. The number of hydrogen-bond donors (Lipinski definition) is 1. The van der Waals surface area contributed by atoms with Crippen LogP contribution in [-0.2, 0) is 6.54 Å². The lowest BCUT2D eigenvalue weighted by Crippen LogP contribution is -2.39. The Hall–Kier alpha value is -2.90. The van der Waals surface area contributed by atoms with Crippen LogP contribution in [0, 0.1) is 6.92 Å². The number of carbonyl (C=O) groups excluding carboxylic acids is 1. The van der Waals surface area contributed by atoms with E-state index in [0.29, 0.717) is 23.4 Å². The summed E-state index contributed by atoms with van der Waals surface area (Å²) in [4.78, 5) is 32.0. The number of nitrogens with zero attached hydrogens (tertiary/aromatic N) is 5. The Balaban J connectivity index is 1.72. The van der Waals surface area contributed by atoms with E-state index in [0.717, 1.165) is 31.5 Å². The van der Waals surface area contributed by atoms with Crippen LogP contribution in [0.4, 0.5) is 0 Å². The molecule has 1 amide bonds. The van der Waals surface area contributed by atoms with Crippen LogP contribution in [0.5, 0.6) is 0 Å². The summed E-state index contributed by atoms with van der Waals surface area (Å²) >= 11 is 0. The van der Waals surface area contributed by atoms with Crippen LogP contribution < -0.4 is 5.56 Å². The van der Waals surface area contributed by atoms with Crippen LogP contribution in [0.1, 0.15) is 54.0 Å². The lowest BCUT2D eigenvalue weighted by molar-refractivity contribution is 0.0605. The fourth-order valence-corrected chi connectivity index (χ4v) is 3.64. The van der Waals surface area contributed by atoms with Gasteiger partial charge in [0.25, 0.3) is 11.5 Å². The monoisotopic (exact) mass is 354 g/mol. The third kappa shape index (κ3) is 2.71. The number of H-pyrrole nitrogens is 1. The van der Waals surface area contributed by atoms with Crippen molar-refractivity contribution in [1.29, 1.82) is 0 Å². The standard InChI is InChI=1S/C18H22N6O2/c1-3-22-11-13(12(2)21-22)18(26)23-9-5-4-6-15(23)14-10-17(25)24-16(20-14)7-8-19-24/h7-8,10-11,15,19H,3-6,9H2,1-2H3/t15-/m1/s1. The molecule has 0 aromatic carbocycles. The van der Waals surface area contributed by atoms with Crippen molar-refractivity contribution >= 4 is 11.6 Å². The highest BCUT2D eigenvalue weighted by Gasteiger charge is 2.31. The number of nitrogens with one attached hydrogen (secondary N) is 1. The SMILES string of the molecule is CCn1cc(C(=O)N2CCCC[C@@H]2c2cc(=O)n3[nH]ccc3n2)c(C)n1. The molecular formula is C18H22N6O2. The predicted molar refractivity (Wildman–Crippen MR) is 96.1 cm³/mol. The normalized spacial score (nSPS) is 17.8. The first kappa shape index (κ1) is 16.6. The Bertz CT molecular complexity index is 1010. The van der Waals surface area contributed by atoms with Gasteiger partial charge in [-0.15, -0.1) is 0 Å². The highest BCUT2D eigenvalue weighted by Crippen LogP contribution is 2.31.